The van der Waals surface area contributed by atoms with Crippen LogP contribution in [-0.4, -0.2) is 12.2 Å². The smallest absolute Gasteiger partial charge is 0.133 e. The summed E-state index contributed by atoms with van der Waals surface area (Å²) in [6, 6.07) is 4.03. The first-order valence-corrected chi connectivity index (χ1v) is 6.17. The molecule has 1 aromatic rings. The van der Waals surface area contributed by atoms with Crippen molar-refractivity contribution >= 4 is 15.9 Å². The fourth-order valence-electron chi connectivity index (χ4n) is 1.55. The summed E-state index contributed by atoms with van der Waals surface area (Å²) in [4.78, 5) is 0. The Morgan fingerprint density at radius 2 is 1.88 bits per heavy atom. The Labute approximate surface area is 106 Å². The van der Waals surface area contributed by atoms with Gasteiger partial charge in [-0.3, -0.25) is 0 Å². The summed E-state index contributed by atoms with van der Waals surface area (Å²) in [6.07, 6.45) is 0. The maximum absolute atomic E-state index is 10.1. The molecule has 0 atom stereocenters. The van der Waals surface area contributed by atoms with E-state index in [0.29, 0.717) is 5.92 Å². The van der Waals surface area contributed by atoms with Gasteiger partial charge in [-0.15, -0.1) is 0 Å². The maximum atomic E-state index is 10.1. The van der Waals surface area contributed by atoms with Crippen LogP contribution in [0.5, 0.6) is 5.75 Å². The van der Waals surface area contributed by atoms with E-state index in [1.807, 2.05) is 12.1 Å². The molecule has 3 heteroatoms. The minimum absolute atomic E-state index is 0.406. The largest absolute Gasteiger partial charge is 0.496 e. The lowest BCUT2D eigenvalue weighted by Gasteiger charge is -2.23. The molecule has 0 saturated carbocycles. The van der Waals surface area contributed by atoms with Gasteiger partial charge in [0.15, 0.2) is 0 Å². The lowest BCUT2D eigenvalue weighted by molar-refractivity contribution is 0.0774. The van der Waals surface area contributed by atoms with Crippen molar-refractivity contribution < 1.29 is 9.84 Å². The molecule has 0 unspecified atom stereocenters. The SMILES string of the molecule is COc1cc(C(C)C)cc(C(C)(C)O)c1Br. The molecule has 0 aliphatic carbocycles. The van der Waals surface area contributed by atoms with Gasteiger partial charge in [0.25, 0.3) is 0 Å². The van der Waals surface area contributed by atoms with E-state index in [9.17, 15) is 5.11 Å². The molecule has 0 aliphatic rings. The predicted molar refractivity (Wildman–Crippen MR) is 70.0 cm³/mol. The highest BCUT2D eigenvalue weighted by Gasteiger charge is 2.23. The predicted octanol–water partition coefficient (Wildman–Crippen LogP) is 3.81. The zero-order valence-corrected chi connectivity index (χ0v) is 12.1. The van der Waals surface area contributed by atoms with Crippen LogP contribution in [0, 0.1) is 0 Å². The highest BCUT2D eigenvalue weighted by atomic mass is 79.9. The summed E-state index contributed by atoms with van der Waals surface area (Å²) in [7, 11) is 1.64. The van der Waals surface area contributed by atoms with Crippen LogP contribution in [-0.2, 0) is 5.60 Å². The average Bonchev–Trinajstić information content (AvgIpc) is 2.15. The Kier molecular flexibility index (Phi) is 4.02. The van der Waals surface area contributed by atoms with Gasteiger partial charge in [0.2, 0.25) is 0 Å². The molecule has 2 nitrogen and oxygen atoms in total. The van der Waals surface area contributed by atoms with Gasteiger partial charge in [-0.2, -0.15) is 0 Å². The molecule has 1 aromatic carbocycles. The number of hydrogen-bond acceptors (Lipinski definition) is 2. The van der Waals surface area contributed by atoms with Crippen LogP contribution in [0.4, 0.5) is 0 Å². The summed E-state index contributed by atoms with van der Waals surface area (Å²) in [5, 5.41) is 10.1. The van der Waals surface area contributed by atoms with Crippen LogP contribution < -0.4 is 4.74 Å². The van der Waals surface area contributed by atoms with E-state index < -0.39 is 5.60 Å². The Morgan fingerprint density at radius 3 is 2.25 bits per heavy atom. The fraction of sp³-hybridized carbons (Fsp3) is 0.538. The number of hydrogen-bond donors (Lipinski definition) is 1. The summed E-state index contributed by atoms with van der Waals surface area (Å²) in [5.74, 6) is 1.17. The topological polar surface area (TPSA) is 29.5 Å². The number of benzene rings is 1. The van der Waals surface area contributed by atoms with Gasteiger partial charge in [-0.1, -0.05) is 19.9 Å². The highest BCUT2D eigenvalue weighted by Crippen LogP contribution is 2.37. The van der Waals surface area contributed by atoms with Gasteiger partial charge >= 0.3 is 0 Å². The molecule has 0 fully saturated rings. The number of methoxy groups -OCH3 is 1. The van der Waals surface area contributed by atoms with E-state index in [0.717, 1.165) is 21.3 Å². The van der Waals surface area contributed by atoms with Gasteiger partial charge < -0.3 is 9.84 Å². The number of halogens is 1. The summed E-state index contributed by atoms with van der Waals surface area (Å²) < 4.78 is 6.14. The monoisotopic (exact) mass is 286 g/mol. The Hall–Kier alpha value is -0.540. The van der Waals surface area contributed by atoms with E-state index in [1.165, 1.54) is 0 Å². The molecule has 0 spiro atoms. The molecule has 0 aromatic heterocycles. The molecule has 1 N–H and O–H groups in total. The van der Waals surface area contributed by atoms with E-state index in [1.54, 1.807) is 21.0 Å². The van der Waals surface area contributed by atoms with Crippen LogP contribution in [0.25, 0.3) is 0 Å². The van der Waals surface area contributed by atoms with Crippen molar-refractivity contribution in [2.45, 2.75) is 39.2 Å². The minimum Gasteiger partial charge on any atom is -0.496 e. The Morgan fingerprint density at radius 1 is 1.31 bits per heavy atom. The van der Waals surface area contributed by atoms with E-state index in [4.69, 9.17) is 4.74 Å². The molecule has 1 rings (SSSR count). The molecular weight excluding hydrogens is 268 g/mol. The number of aliphatic hydroxyl groups is 1. The minimum atomic E-state index is -0.878. The van der Waals surface area contributed by atoms with Gasteiger partial charge in [0.05, 0.1) is 17.2 Å². The second-order valence-electron chi connectivity index (χ2n) is 4.80. The van der Waals surface area contributed by atoms with Crippen molar-refractivity contribution in [2.75, 3.05) is 7.11 Å². The Balaban J connectivity index is 3.42. The van der Waals surface area contributed by atoms with Gasteiger partial charge in [0.1, 0.15) is 5.75 Å². The molecule has 0 amide bonds. The first-order chi connectivity index (χ1) is 7.27. The third-order valence-electron chi connectivity index (χ3n) is 2.61. The van der Waals surface area contributed by atoms with Crippen LogP contribution in [0.3, 0.4) is 0 Å². The zero-order valence-electron chi connectivity index (χ0n) is 10.5. The first kappa shape index (κ1) is 13.5. The molecule has 0 bridgehead atoms. The standard InChI is InChI=1S/C13H19BrO2/c1-8(2)9-6-10(13(3,4)15)12(14)11(7-9)16-5/h6-8,15H,1-5H3. The quantitative estimate of drug-likeness (QED) is 0.916. The molecule has 0 heterocycles. The molecule has 0 radical (unpaired) electrons. The van der Waals surface area contributed by atoms with Crippen molar-refractivity contribution in [1.82, 2.24) is 0 Å². The van der Waals surface area contributed by atoms with Crippen LogP contribution in [0.2, 0.25) is 0 Å². The van der Waals surface area contributed by atoms with E-state index in [-0.39, 0.29) is 0 Å². The fourth-order valence-corrected chi connectivity index (χ4v) is 2.42. The highest BCUT2D eigenvalue weighted by molar-refractivity contribution is 9.10. The second-order valence-corrected chi connectivity index (χ2v) is 5.59. The van der Waals surface area contributed by atoms with Crippen LogP contribution >= 0.6 is 15.9 Å². The van der Waals surface area contributed by atoms with Crippen molar-refractivity contribution in [1.29, 1.82) is 0 Å². The van der Waals surface area contributed by atoms with Crippen LogP contribution in [0.1, 0.15) is 44.7 Å². The van der Waals surface area contributed by atoms with Crippen LogP contribution in [0.15, 0.2) is 16.6 Å². The normalized spacial score (nSPS) is 12.0. The number of rotatable bonds is 3. The third-order valence-corrected chi connectivity index (χ3v) is 3.43. The van der Waals surface area contributed by atoms with Gasteiger partial charge in [-0.05, 0) is 47.3 Å². The third kappa shape index (κ3) is 2.77. The average molecular weight is 287 g/mol. The molecule has 90 valence electrons. The van der Waals surface area contributed by atoms with Gasteiger partial charge in [0, 0.05) is 5.56 Å². The lowest BCUT2D eigenvalue weighted by Crippen LogP contribution is -2.17. The van der Waals surface area contributed by atoms with Gasteiger partial charge in [-0.25, -0.2) is 0 Å². The van der Waals surface area contributed by atoms with Crippen molar-refractivity contribution in [3.05, 3.63) is 27.7 Å². The maximum Gasteiger partial charge on any atom is 0.133 e. The van der Waals surface area contributed by atoms with Crippen molar-refractivity contribution in [3.63, 3.8) is 0 Å². The molecule has 0 aliphatic heterocycles. The first-order valence-electron chi connectivity index (χ1n) is 5.37. The Bertz CT molecular complexity index is 378. The second kappa shape index (κ2) is 4.76. The zero-order chi connectivity index (χ0) is 12.5. The lowest BCUT2D eigenvalue weighted by atomic mass is 9.92. The molecule has 0 saturated heterocycles. The molecule has 16 heavy (non-hydrogen) atoms. The van der Waals surface area contributed by atoms with Crippen molar-refractivity contribution in [3.8, 4) is 5.75 Å². The molecular formula is C13H19BrO2. The van der Waals surface area contributed by atoms with E-state index >= 15 is 0 Å². The number of ether oxygens (including phenoxy) is 1. The summed E-state index contributed by atoms with van der Waals surface area (Å²) in [6.45, 7) is 7.79. The van der Waals surface area contributed by atoms with E-state index in [2.05, 4.69) is 29.8 Å². The summed E-state index contributed by atoms with van der Waals surface area (Å²) >= 11 is 3.48. The summed E-state index contributed by atoms with van der Waals surface area (Å²) in [5.41, 5.74) is 1.14. The van der Waals surface area contributed by atoms with Crippen molar-refractivity contribution in [2.24, 2.45) is 0 Å².